The fourth-order valence-corrected chi connectivity index (χ4v) is 1.57. The van der Waals surface area contributed by atoms with Crippen molar-refractivity contribution in [3.05, 3.63) is 35.4 Å². The van der Waals surface area contributed by atoms with Crippen molar-refractivity contribution in [1.29, 1.82) is 0 Å². The lowest BCUT2D eigenvalue weighted by molar-refractivity contribution is 0.0657. The summed E-state index contributed by atoms with van der Waals surface area (Å²) in [5.41, 5.74) is 2.98. The van der Waals surface area contributed by atoms with Crippen molar-refractivity contribution < 1.29 is 18.3 Å². The molecule has 1 aromatic rings. The van der Waals surface area contributed by atoms with Crippen molar-refractivity contribution in [2.24, 2.45) is 5.84 Å². The van der Waals surface area contributed by atoms with E-state index < -0.39 is 11.6 Å². The number of benzene rings is 1. The van der Waals surface area contributed by atoms with E-state index in [1.54, 1.807) is 7.11 Å². The summed E-state index contributed by atoms with van der Waals surface area (Å²) in [6.07, 6.45) is 0.517. The number of hydrogen-bond donors (Lipinski definition) is 2. The van der Waals surface area contributed by atoms with E-state index in [9.17, 15) is 8.78 Å². The van der Waals surface area contributed by atoms with Crippen LogP contribution in [0.25, 0.3) is 0 Å². The summed E-state index contributed by atoms with van der Waals surface area (Å²) in [5, 5.41) is 0. The SMILES string of the molecule is COCCOCCC(NN)c1cc(F)cc(F)c1. The van der Waals surface area contributed by atoms with Crippen molar-refractivity contribution in [1.82, 2.24) is 5.43 Å². The molecule has 0 fully saturated rings. The lowest BCUT2D eigenvalue weighted by atomic mass is 10.0. The molecule has 1 unspecified atom stereocenters. The zero-order chi connectivity index (χ0) is 13.4. The molecule has 0 aromatic heterocycles. The molecular formula is C12H18F2N2O2. The van der Waals surface area contributed by atoms with Crippen LogP contribution in [-0.2, 0) is 9.47 Å². The Morgan fingerprint density at radius 2 is 1.83 bits per heavy atom. The first-order valence-electron chi connectivity index (χ1n) is 5.66. The minimum atomic E-state index is -0.620. The van der Waals surface area contributed by atoms with Gasteiger partial charge in [-0.1, -0.05) is 0 Å². The van der Waals surface area contributed by atoms with Gasteiger partial charge in [0.1, 0.15) is 11.6 Å². The standard InChI is InChI=1S/C12H18F2N2O2/c1-17-4-5-18-3-2-12(16-15)9-6-10(13)8-11(14)7-9/h6-8,12,16H,2-5,15H2,1H3. The van der Waals surface area contributed by atoms with Gasteiger partial charge < -0.3 is 9.47 Å². The average molecular weight is 260 g/mol. The fraction of sp³-hybridized carbons (Fsp3) is 0.500. The highest BCUT2D eigenvalue weighted by atomic mass is 19.1. The molecular weight excluding hydrogens is 242 g/mol. The Morgan fingerprint density at radius 1 is 1.17 bits per heavy atom. The quantitative estimate of drug-likeness (QED) is 0.423. The topological polar surface area (TPSA) is 56.5 Å². The second-order valence-corrected chi connectivity index (χ2v) is 3.82. The van der Waals surface area contributed by atoms with Gasteiger partial charge in [0, 0.05) is 25.8 Å². The molecule has 1 rings (SSSR count). The van der Waals surface area contributed by atoms with Gasteiger partial charge in [-0.25, -0.2) is 8.78 Å². The van der Waals surface area contributed by atoms with Gasteiger partial charge in [0.2, 0.25) is 0 Å². The summed E-state index contributed by atoms with van der Waals surface area (Å²) < 4.78 is 36.2. The molecule has 1 atom stereocenters. The van der Waals surface area contributed by atoms with Crippen LogP contribution >= 0.6 is 0 Å². The van der Waals surface area contributed by atoms with E-state index in [4.69, 9.17) is 15.3 Å². The zero-order valence-electron chi connectivity index (χ0n) is 10.3. The van der Waals surface area contributed by atoms with Crippen LogP contribution in [0, 0.1) is 11.6 Å². The fourth-order valence-electron chi connectivity index (χ4n) is 1.57. The highest BCUT2D eigenvalue weighted by Crippen LogP contribution is 2.18. The largest absolute Gasteiger partial charge is 0.382 e. The second-order valence-electron chi connectivity index (χ2n) is 3.82. The maximum absolute atomic E-state index is 13.1. The number of nitrogens with one attached hydrogen (secondary N) is 1. The minimum absolute atomic E-state index is 0.349. The molecule has 0 aliphatic rings. The molecule has 18 heavy (non-hydrogen) atoms. The molecule has 0 radical (unpaired) electrons. The van der Waals surface area contributed by atoms with Crippen molar-refractivity contribution in [3.63, 3.8) is 0 Å². The molecule has 6 heteroatoms. The van der Waals surface area contributed by atoms with E-state index in [0.717, 1.165) is 6.07 Å². The Balaban J connectivity index is 2.49. The van der Waals surface area contributed by atoms with Gasteiger partial charge in [0.25, 0.3) is 0 Å². The Hall–Kier alpha value is -1.08. The third-order valence-corrected chi connectivity index (χ3v) is 2.47. The lowest BCUT2D eigenvalue weighted by Crippen LogP contribution is -2.29. The summed E-state index contributed by atoms with van der Waals surface area (Å²) in [4.78, 5) is 0. The van der Waals surface area contributed by atoms with Crippen LogP contribution in [0.1, 0.15) is 18.0 Å². The first-order valence-corrected chi connectivity index (χ1v) is 5.66. The normalized spacial score (nSPS) is 12.7. The number of halogens is 2. The van der Waals surface area contributed by atoms with Crippen LogP contribution in [0.4, 0.5) is 8.78 Å². The lowest BCUT2D eigenvalue weighted by Gasteiger charge is -2.16. The molecule has 0 aliphatic carbocycles. The van der Waals surface area contributed by atoms with Gasteiger partial charge in [-0.05, 0) is 24.1 Å². The maximum atomic E-state index is 13.1. The minimum Gasteiger partial charge on any atom is -0.382 e. The van der Waals surface area contributed by atoms with Crippen LogP contribution < -0.4 is 11.3 Å². The van der Waals surface area contributed by atoms with Crippen LogP contribution in [0.5, 0.6) is 0 Å². The van der Waals surface area contributed by atoms with Gasteiger partial charge in [0.15, 0.2) is 0 Å². The second kappa shape index (κ2) is 8.10. The molecule has 0 saturated heterocycles. The molecule has 0 spiro atoms. The van der Waals surface area contributed by atoms with E-state index in [2.05, 4.69) is 5.43 Å². The smallest absolute Gasteiger partial charge is 0.126 e. The average Bonchev–Trinajstić information content (AvgIpc) is 2.32. The maximum Gasteiger partial charge on any atom is 0.126 e. The number of rotatable bonds is 8. The molecule has 1 aromatic carbocycles. The predicted molar refractivity (Wildman–Crippen MR) is 63.7 cm³/mol. The third-order valence-electron chi connectivity index (χ3n) is 2.47. The van der Waals surface area contributed by atoms with Gasteiger partial charge in [-0.2, -0.15) is 0 Å². The monoisotopic (exact) mass is 260 g/mol. The molecule has 0 bridgehead atoms. The van der Waals surface area contributed by atoms with Gasteiger partial charge >= 0.3 is 0 Å². The van der Waals surface area contributed by atoms with Crippen LogP contribution in [0.2, 0.25) is 0 Å². The van der Waals surface area contributed by atoms with E-state index in [1.807, 2.05) is 0 Å². The Morgan fingerprint density at radius 3 is 2.39 bits per heavy atom. The van der Waals surface area contributed by atoms with Crippen molar-refractivity contribution in [3.8, 4) is 0 Å². The summed E-state index contributed by atoms with van der Waals surface area (Å²) in [7, 11) is 1.59. The highest BCUT2D eigenvalue weighted by molar-refractivity contribution is 5.21. The number of methoxy groups -OCH3 is 1. The van der Waals surface area contributed by atoms with Crippen molar-refractivity contribution in [2.45, 2.75) is 12.5 Å². The molecule has 0 aliphatic heterocycles. The number of ether oxygens (including phenoxy) is 2. The Labute approximate surface area is 105 Å². The van der Waals surface area contributed by atoms with E-state index in [0.29, 0.717) is 31.8 Å². The van der Waals surface area contributed by atoms with Crippen molar-refractivity contribution >= 4 is 0 Å². The molecule has 102 valence electrons. The zero-order valence-corrected chi connectivity index (χ0v) is 10.3. The van der Waals surface area contributed by atoms with E-state index in [1.165, 1.54) is 12.1 Å². The predicted octanol–water partition coefficient (Wildman–Crippen LogP) is 1.52. The molecule has 0 heterocycles. The molecule has 0 amide bonds. The van der Waals surface area contributed by atoms with Crippen LogP contribution in [-0.4, -0.2) is 26.9 Å². The molecule has 0 saturated carbocycles. The molecule has 4 nitrogen and oxygen atoms in total. The summed E-state index contributed by atoms with van der Waals surface area (Å²) in [5.74, 6) is 4.13. The van der Waals surface area contributed by atoms with Crippen LogP contribution in [0.3, 0.4) is 0 Å². The number of hydrogen-bond acceptors (Lipinski definition) is 4. The summed E-state index contributed by atoms with van der Waals surface area (Å²) in [6.45, 7) is 1.41. The van der Waals surface area contributed by atoms with Gasteiger partial charge in [0.05, 0.1) is 13.2 Å². The summed E-state index contributed by atoms with van der Waals surface area (Å²) >= 11 is 0. The number of hydrazine groups is 1. The third kappa shape index (κ3) is 5.05. The van der Waals surface area contributed by atoms with Crippen LogP contribution in [0.15, 0.2) is 18.2 Å². The molecule has 3 N–H and O–H groups in total. The van der Waals surface area contributed by atoms with Gasteiger partial charge in [-0.3, -0.25) is 11.3 Å². The van der Waals surface area contributed by atoms with Crippen molar-refractivity contribution in [2.75, 3.05) is 26.9 Å². The Kier molecular flexibility index (Phi) is 6.74. The van der Waals surface area contributed by atoms with E-state index in [-0.39, 0.29) is 6.04 Å². The Bertz CT molecular complexity index is 344. The first-order chi connectivity index (χ1) is 8.67. The first kappa shape index (κ1) is 15.0. The highest BCUT2D eigenvalue weighted by Gasteiger charge is 2.12. The summed E-state index contributed by atoms with van der Waals surface area (Å²) in [6, 6.07) is 2.98. The van der Waals surface area contributed by atoms with Gasteiger partial charge in [-0.15, -0.1) is 0 Å². The van der Waals surface area contributed by atoms with E-state index >= 15 is 0 Å². The number of nitrogens with two attached hydrogens (primary N) is 1.